The van der Waals surface area contributed by atoms with E-state index in [1.165, 1.54) is 0 Å². The molecule has 18 heavy (non-hydrogen) atoms. The quantitative estimate of drug-likeness (QED) is 0.611. The van der Waals surface area contributed by atoms with Crippen molar-refractivity contribution in [2.45, 2.75) is 62.3 Å². The van der Waals surface area contributed by atoms with Gasteiger partial charge in [-0.05, 0) is 24.5 Å². The van der Waals surface area contributed by atoms with E-state index in [9.17, 15) is 0 Å². The van der Waals surface area contributed by atoms with E-state index in [0.29, 0.717) is 5.41 Å². The molecule has 0 heterocycles. The minimum atomic E-state index is 0.500. The van der Waals surface area contributed by atoms with Gasteiger partial charge in [-0.25, -0.2) is 0 Å². The number of ether oxygens (including phenoxy) is 1. The van der Waals surface area contributed by atoms with E-state index in [0.717, 1.165) is 12.4 Å². The van der Waals surface area contributed by atoms with Crippen LogP contribution in [-0.2, 0) is 0 Å². The van der Waals surface area contributed by atoms with Gasteiger partial charge in [-0.15, -0.1) is 0 Å². The maximum atomic E-state index is 5.21. The summed E-state index contributed by atoms with van der Waals surface area (Å²) in [6, 6.07) is 9.80. The SMILES string of the molecule is CC.CC.CC(C)(C)C.CCOc1ccccc1. The van der Waals surface area contributed by atoms with E-state index in [4.69, 9.17) is 4.74 Å². The lowest BCUT2D eigenvalue weighted by Gasteiger charge is -2.05. The highest BCUT2D eigenvalue weighted by molar-refractivity contribution is 5.20. The molecule has 0 aliphatic heterocycles. The first-order chi connectivity index (χ1) is 8.43. The predicted octanol–water partition coefficient (Wildman–Crippen LogP) is 6.19. The zero-order valence-corrected chi connectivity index (χ0v) is 14.0. The minimum absolute atomic E-state index is 0.500. The Balaban J connectivity index is -0.000000215. The molecule has 1 nitrogen and oxygen atoms in total. The topological polar surface area (TPSA) is 9.23 Å². The Bertz CT molecular complexity index is 215. The number of rotatable bonds is 2. The van der Waals surface area contributed by atoms with Gasteiger partial charge in [-0.2, -0.15) is 0 Å². The van der Waals surface area contributed by atoms with Crippen molar-refractivity contribution in [3.05, 3.63) is 30.3 Å². The van der Waals surface area contributed by atoms with Gasteiger partial charge < -0.3 is 4.74 Å². The summed E-state index contributed by atoms with van der Waals surface area (Å²) in [5.41, 5.74) is 0.500. The van der Waals surface area contributed by atoms with Crippen LogP contribution in [0.2, 0.25) is 0 Å². The summed E-state index contributed by atoms with van der Waals surface area (Å²) in [7, 11) is 0. The van der Waals surface area contributed by atoms with Crippen molar-refractivity contribution in [3.63, 3.8) is 0 Å². The van der Waals surface area contributed by atoms with Crippen LogP contribution in [-0.4, -0.2) is 6.61 Å². The molecule has 0 atom stereocenters. The van der Waals surface area contributed by atoms with Crippen LogP contribution in [0.5, 0.6) is 5.75 Å². The second kappa shape index (κ2) is 16.0. The average molecular weight is 254 g/mol. The third-order valence-electron chi connectivity index (χ3n) is 1.05. The monoisotopic (exact) mass is 254 g/mol. The molecule has 1 aromatic carbocycles. The first-order valence-corrected chi connectivity index (χ1v) is 7.11. The van der Waals surface area contributed by atoms with Gasteiger partial charge in [-0.3, -0.25) is 0 Å². The summed E-state index contributed by atoms with van der Waals surface area (Å²) in [4.78, 5) is 0. The number of benzene rings is 1. The van der Waals surface area contributed by atoms with E-state index >= 15 is 0 Å². The lowest BCUT2D eigenvalue weighted by Crippen LogP contribution is -1.93. The second-order valence-electron chi connectivity index (χ2n) is 4.75. The van der Waals surface area contributed by atoms with Crippen molar-refractivity contribution in [2.24, 2.45) is 5.41 Å². The van der Waals surface area contributed by atoms with E-state index in [2.05, 4.69) is 27.7 Å². The van der Waals surface area contributed by atoms with Gasteiger partial charge in [-0.1, -0.05) is 73.6 Å². The third kappa shape index (κ3) is 29.4. The molecule has 1 rings (SSSR count). The summed E-state index contributed by atoms with van der Waals surface area (Å²) in [6.45, 7) is 19.5. The minimum Gasteiger partial charge on any atom is -0.494 e. The van der Waals surface area contributed by atoms with Gasteiger partial charge in [0, 0.05) is 0 Å². The van der Waals surface area contributed by atoms with Crippen LogP contribution >= 0.6 is 0 Å². The van der Waals surface area contributed by atoms with Crippen LogP contribution in [0, 0.1) is 5.41 Å². The molecule has 0 aromatic heterocycles. The highest BCUT2D eigenvalue weighted by Gasteiger charge is 1.95. The molecule has 0 unspecified atom stereocenters. The Morgan fingerprint density at radius 2 is 1.17 bits per heavy atom. The van der Waals surface area contributed by atoms with E-state index in [1.54, 1.807) is 0 Å². The Hall–Kier alpha value is -0.980. The Morgan fingerprint density at radius 3 is 1.44 bits per heavy atom. The molecule has 0 bridgehead atoms. The van der Waals surface area contributed by atoms with E-state index in [-0.39, 0.29) is 0 Å². The van der Waals surface area contributed by atoms with Crippen molar-refractivity contribution >= 4 is 0 Å². The van der Waals surface area contributed by atoms with Gasteiger partial charge in [0.05, 0.1) is 6.61 Å². The second-order valence-corrected chi connectivity index (χ2v) is 4.75. The number of para-hydroxylation sites is 1. The highest BCUT2D eigenvalue weighted by Crippen LogP contribution is 2.08. The Kier molecular flexibility index (Phi) is 19.8. The zero-order chi connectivity index (χ0) is 15.0. The van der Waals surface area contributed by atoms with E-state index < -0.39 is 0 Å². The summed E-state index contributed by atoms with van der Waals surface area (Å²) in [5, 5.41) is 0. The zero-order valence-electron chi connectivity index (χ0n) is 14.0. The van der Waals surface area contributed by atoms with Gasteiger partial charge in [0.1, 0.15) is 5.75 Å². The first kappa shape index (κ1) is 22.2. The molecule has 0 aliphatic rings. The molecule has 0 aliphatic carbocycles. The summed E-state index contributed by atoms with van der Waals surface area (Å²) in [5.74, 6) is 0.944. The first-order valence-electron chi connectivity index (χ1n) is 7.11. The van der Waals surface area contributed by atoms with Gasteiger partial charge >= 0.3 is 0 Å². The lowest BCUT2D eigenvalue weighted by molar-refractivity contribution is 0.340. The van der Waals surface area contributed by atoms with Gasteiger partial charge in [0.25, 0.3) is 0 Å². The third-order valence-corrected chi connectivity index (χ3v) is 1.05. The molecule has 1 heteroatoms. The Labute approximate surface area is 116 Å². The van der Waals surface area contributed by atoms with Crippen molar-refractivity contribution in [2.75, 3.05) is 6.61 Å². The van der Waals surface area contributed by atoms with Crippen molar-refractivity contribution in [3.8, 4) is 5.75 Å². The molecule has 0 radical (unpaired) electrons. The molecular formula is C17H34O. The molecule has 1 aromatic rings. The summed E-state index contributed by atoms with van der Waals surface area (Å²) in [6.07, 6.45) is 0. The van der Waals surface area contributed by atoms with Gasteiger partial charge in [0.15, 0.2) is 0 Å². The number of hydrogen-bond donors (Lipinski definition) is 0. The maximum Gasteiger partial charge on any atom is 0.119 e. The molecule has 108 valence electrons. The van der Waals surface area contributed by atoms with Crippen LogP contribution in [0.1, 0.15) is 62.3 Å². The van der Waals surface area contributed by atoms with Crippen molar-refractivity contribution < 1.29 is 4.74 Å². The largest absolute Gasteiger partial charge is 0.494 e. The molecular weight excluding hydrogens is 220 g/mol. The van der Waals surface area contributed by atoms with E-state index in [1.807, 2.05) is 65.0 Å². The lowest BCUT2D eigenvalue weighted by atomic mass is 10.0. The van der Waals surface area contributed by atoms with Crippen molar-refractivity contribution in [1.82, 2.24) is 0 Å². The smallest absolute Gasteiger partial charge is 0.119 e. The molecule has 0 saturated heterocycles. The van der Waals surface area contributed by atoms with Crippen LogP contribution in [0.3, 0.4) is 0 Å². The molecule has 0 fully saturated rings. The highest BCUT2D eigenvalue weighted by atomic mass is 16.5. The average Bonchev–Trinajstić information content (AvgIpc) is 2.34. The molecule has 0 N–H and O–H groups in total. The standard InChI is InChI=1S/C8H10O.C5H12.2C2H6/c1-2-9-8-6-4-3-5-7-8;1-5(2,3)4;2*1-2/h3-7H,2H2,1H3;1-4H3;2*1-2H3. The predicted molar refractivity (Wildman–Crippen MR) is 85.4 cm³/mol. The Morgan fingerprint density at radius 1 is 0.833 bits per heavy atom. The fourth-order valence-corrected chi connectivity index (χ4v) is 0.683. The van der Waals surface area contributed by atoms with Crippen LogP contribution in [0.4, 0.5) is 0 Å². The molecule has 0 amide bonds. The fraction of sp³-hybridized carbons (Fsp3) is 0.647. The fourth-order valence-electron chi connectivity index (χ4n) is 0.683. The summed E-state index contributed by atoms with van der Waals surface area (Å²) < 4.78 is 5.21. The molecule has 0 saturated carbocycles. The van der Waals surface area contributed by atoms with Crippen LogP contribution in [0.15, 0.2) is 30.3 Å². The van der Waals surface area contributed by atoms with Crippen LogP contribution in [0.25, 0.3) is 0 Å². The van der Waals surface area contributed by atoms with Crippen LogP contribution < -0.4 is 4.74 Å². The van der Waals surface area contributed by atoms with Crippen molar-refractivity contribution in [1.29, 1.82) is 0 Å². The maximum absolute atomic E-state index is 5.21. The normalized spacial score (nSPS) is 8.50. The van der Waals surface area contributed by atoms with Gasteiger partial charge in [0.2, 0.25) is 0 Å². The molecule has 0 spiro atoms. The number of hydrogen-bond acceptors (Lipinski definition) is 1. The summed E-state index contributed by atoms with van der Waals surface area (Å²) >= 11 is 0.